The average Bonchev–Trinajstić information content (AvgIpc) is 2.90. The van der Waals surface area contributed by atoms with Crippen LogP contribution in [0.5, 0.6) is 0 Å². The molecule has 14 nitrogen and oxygen atoms in total. The fraction of sp³-hybridized carbons (Fsp3) is 0.923. The van der Waals surface area contributed by atoms with Crippen LogP contribution in [0.1, 0.15) is 32.6 Å². The van der Waals surface area contributed by atoms with Gasteiger partial charge in [0.1, 0.15) is 29.7 Å². The number of nitrogens with two attached hydrogens (primary N) is 3. The summed E-state index contributed by atoms with van der Waals surface area (Å²) in [4.78, 5) is 0. The quantitative estimate of drug-likeness (QED) is 0.0878. The molecule has 0 aromatic rings. The van der Waals surface area contributed by atoms with E-state index >= 15 is 0 Å². The Morgan fingerprint density at radius 3 is 2.65 bits per heavy atom. The summed E-state index contributed by atoms with van der Waals surface area (Å²) in [5, 5.41) is 62.1. The van der Waals surface area contributed by atoms with Gasteiger partial charge in [-0.25, -0.2) is 0 Å². The second-order valence-corrected chi connectivity index (χ2v) is 11.5. The minimum absolute atomic E-state index is 0.0899. The Labute approximate surface area is 236 Å². The maximum absolute atomic E-state index is 11.8. The number of hydrogen-bond donors (Lipinski definition) is 11. The van der Waals surface area contributed by atoms with Crippen molar-refractivity contribution in [1.29, 1.82) is 0 Å². The van der Waals surface area contributed by atoms with Crippen LogP contribution in [0.4, 0.5) is 0 Å². The molecule has 2 aliphatic heterocycles. The summed E-state index contributed by atoms with van der Waals surface area (Å²) < 4.78 is 18.3. The standard InChI is InChI=1S/C26H52N6O8/c1-26(37)13-38-25(21(36)24(26)30-2)40-23-18(32-11-14(34)6-7-27)10-17(29)19(20(23)35)22-16(28)5-4-15(39-22)12-31-8-3-9-33/h4,14,16-25,30-37H,3,5-13,27-29H2,1-2H3/t14?,16-,17+,18-,19?,20+,21-,22+,23+,24-,25-,26+/m1/s1. The Balaban J connectivity index is 1.79. The minimum atomic E-state index is -1.33. The fourth-order valence-electron chi connectivity index (χ4n) is 6.02. The van der Waals surface area contributed by atoms with Gasteiger partial charge in [0.25, 0.3) is 0 Å². The second kappa shape index (κ2) is 15.5. The fourth-order valence-corrected chi connectivity index (χ4v) is 6.02. The molecule has 234 valence electrons. The molecule has 40 heavy (non-hydrogen) atoms. The van der Waals surface area contributed by atoms with Gasteiger partial charge >= 0.3 is 0 Å². The zero-order valence-electron chi connectivity index (χ0n) is 23.7. The number of likely N-dealkylation sites (N-methyl/N-ethyl adjacent to an activating group) is 1. The average molecular weight is 577 g/mol. The van der Waals surface area contributed by atoms with Crippen LogP contribution in [-0.2, 0) is 14.2 Å². The van der Waals surface area contributed by atoms with Crippen molar-refractivity contribution in [1.82, 2.24) is 16.0 Å². The molecule has 1 aliphatic carbocycles. The first-order chi connectivity index (χ1) is 19.0. The van der Waals surface area contributed by atoms with Gasteiger partial charge in [0.2, 0.25) is 0 Å². The maximum atomic E-state index is 11.8. The number of ether oxygens (including phenoxy) is 3. The lowest BCUT2D eigenvalue weighted by atomic mass is 9.72. The molecule has 1 saturated carbocycles. The first kappa shape index (κ1) is 33.5. The van der Waals surface area contributed by atoms with Gasteiger partial charge in [0.05, 0.1) is 31.4 Å². The predicted molar refractivity (Wildman–Crippen MR) is 148 cm³/mol. The molecule has 1 saturated heterocycles. The number of aliphatic hydroxyl groups is 5. The van der Waals surface area contributed by atoms with Crippen LogP contribution in [0.25, 0.3) is 0 Å². The molecule has 0 aromatic carbocycles. The van der Waals surface area contributed by atoms with Crippen LogP contribution < -0.4 is 33.2 Å². The van der Waals surface area contributed by atoms with E-state index in [1.54, 1.807) is 14.0 Å². The normalized spacial score (nSPS) is 41.3. The SMILES string of the molecule is CN[C@@H]1[C@@H](O)[C@@H](O[C@H]2[C@H](NCC(O)CCN)C[C@H](N)C([C@H]3OC(CNCCCO)=CC[C@H]3N)[C@@H]2O)OC[C@]1(C)O. The van der Waals surface area contributed by atoms with Crippen LogP contribution in [0.15, 0.2) is 11.8 Å². The summed E-state index contributed by atoms with van der Waals surface area (Å²) in [6.45, 7) is 3.18. The molecular formula is C26H52N6O8. The summed E-state index contributed by atoms with van der Waals surface area (Å²) in [6, 6.07) is -2.15. The van der Waals surface area contributed by atoms with Crippen molar-refractivity contribution < 1.29 is 39.7 Å². The van der Waals surface area contributed by atoms with Gasteiger partial charge in [-0.2, -0.15) is 0 Å². The summed E-state index contributed by atoms with van der Waals surface area (Å²) in [7, 11) is 1.63. The van der Waals surface area contributed by atoms with Crippen molar-refractivity contribution in [3.63, 3.8) is 0 Å². The van der Waals surface area contributed by atoms with E-state index in [4.69, 9.17) is 36.5 Å². The van der Waals surface area contributed by atoms with Gasteiger partial charge in [0.15, 0.2) is 6.29 Å². The third-order valence-electron chi connectivity index (χ3n) is 8.21. The highest BCUT2D eigenvalue weighted by atomic mass is 16.7. The predicted octanol–water partition coefficient (Wildman–Crippen LogP) is -4.22. The highest BCUT2D eigenvalue weighted by Crippen LogP contribution is 2.36. The number of aliphatic hydroxyl groups excluding tert-OH is 4. The van der Waals surface area contributed by atoms with Gasteiger partial charge in [-0.1, -0.05) is 0 Å². The Kier molecular flexibility index (Phi) is 13.0. The molecule has 2 heterocycles. The molecule has 14 N–H and O–H groups in total. The number of nitrogens with one attached hydrogen (secondary N) is 3. The molecule has 14 heteroatoms. The lowest BCUT2D eigenvalue weighted by Crippen LogP contribution is -2.69. The maximum Gasteiger partial charge on any atom is 0.185 e. The molecule has 0 spiro atoms. The van der Waals surface area contributed by atoms with Gasteiger partial charge in [-0.3, -0.25) is 0 Å². The van der Waals surface area contributed by atoms with Gasteiger partial charge in [0, 0.05) is 37.2 Å². The highest BCUT2D eigenvalue weighted by Gasteiger charge is 2.53. The third kappa shape index (κ3) is 8.31. The van der Waals surface area contributed by atoms with E-state index in [1.165, 1.54) is 0 Å². The van der Waals surface area contributed by atoms with E-state index in [0.29, 0.717) is 51.1 Å². The first-order valence-corrected chi connectivity index (χ1v) is 14.4. The largest absolute Gasteiger partial charge is 0.492 e. The van der Waals surface area contributed by atoms with Crippen LogP contribution >= 0.6 is 0 Å². The van der Waals surface area contributed by atoms with Crippen molar-refractivity contribution in [3.05, 3.63) is 11.8 Å². The molecule has 0 bridgehead atoms. The molecule has 3 aliphatic rings. The van der Waals surface area contributed by atoms with Crippen molar-refractivity contribution >= 4 is 0 Å². The summed E-state index contributed by atoms with van der Waals surface area (Å²) in [6.07, 6.45) is -1.87. The van der Waals surface area contributed by atoms with Crippen LogP contribution in [0, 0.1) is 5.92 Å². The Hall–Kier alpha value is -0.980. The van der Waals surface area contributed by atoms with Gasteiger partial charge in [-0.05, 0) is 58.8 Å². The molecule has 0 aromatic heterocycles. The van der Waals surface area contributed by atoms with Crippen LogP contribution in [0.3, 0.4) is 0 Å². The Morgan fingerprint density at radius 1 is 1.23 bits per heavy atom. The second-order valence-electron chi connectivity index (χ2n) is 11.5. The topological polar surface area (TPSA) is 243 Å². The zero-order chi connectivity index (χ0) is 29.4. The zero-order valence-corrected chi connectivity index (χ0v) is 23.7. The summed E-state index contributed by atoms with van der Waals surface area (Å²) in [5.41, 5.74) is 17.4. The smallest absolute Gasteiger partial charge is 0.185 e. The molecule has 2 fully saturated rings. The van der Waals surface area contributed by atoms with Gasteiger partial charge in [-0.15, -0.1) is 0 Å². The van der Waals surface area contributed by atoms with E-state index in [-0.39, 0.29) is 19.8 Å². The molecule has 2 unspecified atom stereocenters. The summed E-state index contributed by atoms with van der Waals surface area (Å²) >= 11 is 0. The molecule has 12 atom stereocenters. The van der Waals surface area contributed by atoms with E-state index in [1.807, 2.05) is 6.08 Å². The number of rotatable bonds is 14. The lowest BCUT2D eigenvalue weighted by Gasteiger charge is -2.50. The first-order valence-electron chi connectivity index (χ1n) is 14.4. The Bertz CT molecular complexity index is 794. The van der Waals surface area contributed by atoms with Gasteiger partial charge < -0.3 is 72.9 Å². The van der Waals surface area contributed by atoms with E-state index < -0.39 is 72.5 Å². The Morgan fingerprint density at radius 2 is 1.98 bits per heavy atom. The van der Waals surface area contributed by atoms with E-state index in [0.717, 1.165) is 0 Å². The monoisotopic (exact) mass is 576 g/mol. The third-order valence-corrected chi connectivity index (χ3v) is 8.21. The van der Waals surface area contributed by atoms with E-state index in [9.17, 15) is 20.4 Å². The molecule has 0 radical (unpaired) electrons. The molecule has 3 rings (SSSR count). The van der Waals surface area contributed by atoms with Crippen molar-refractivity contribution in [2.75, 3.05) is 46.4 Å². The van der Waals surface area contributed by atoms with Crippen LogP contribution in [0.2, 0.25) is 0 Å². The van der Waals surface area contributed by atoms with Crippen LogP contribution in [-0.4, -0.2) is 139 Å². The lowest BCUT2D eigenvalue weighted by molar-refractivity contribution is -0.298. The van der Waals surface area contributed by atoms with E-state index in [2.05, 4.69) is 16.0 Å². The summed E-state index contributed by atoms with van der Waals surface area (Å²) in [5.74, 6) is 0.0916. The van der Waals surface area contributed by atoms with Crippen molar-refractivity contribution in [2.24, 2.45) is 23.1 Å². The molecule has 0 amide bonds. The van der Waals surface area contributed by atoms with Crippen molar-refractivity contribution in [2.45, 2.75) is 99.2 Å². The molecular weight excluding hydrogens is 524 g/mol. The minimum Gasteiger partial charge on any atom is -0.492 e. The highest BCUT2D eigenvalue weighted by molar-refractivity contribution is 5.10. The van der Waals surface area contributed by atoms with Crippen molar-refractivity contribution in [3.8, 4) is 0 Å². The number of hydrogen-bond acceptors (Lipinski definition) is 14.